The number of nitrogens with one attached hydrogen (secondary N) is 1. The second-order valence-corrected chi connectivity index (χ2v) is 8.32. The highest BCUT2D eigenvalue weighted by Gasteiger charge is 2.21. The van der Waals surface area contributed by atoms with Gasteiger partial charge in [-0.2, -0.15) is 0 Å². The molecule has 3 rings (SSSR count). The van der Waals surface area contributed by atoms with E-state index in [0.717, 1.165) is 22.3 Å². The lowest BCUT2D eigenvalue weighted by Crippen LogP contribution is -2.23. The molecule has 0 atom stereocenters. The Kier molecular flexibility index (Phi) is 5.09. The fourth-order valence-electron chi connectivity index (χ4n) is 2.42. The number of amides is 1. The SMILES string of the molecule is Cc1ccc(S(=O)(=O)CC(=O)Nc2nnc(-c3ccc(C)c(C)c3)o2)cc1. The summed E-state index contributed by atoms with van der Waals surface area (Å²) in [5, 5.41) is 9.99. The van der Waals surface area contributed by atoms with E-state index in [1.165, 1.54) is 12.1 Å². The van der Waals surface area contributed by atoms with Gasteiger partial charge >= 0.3 is 6.01 Å². The zero-order valence-corrected chi connectivity index (χ0v) is 16.0. The van der Waals surface area contributed by atoms with Crippen molar-refractivity contribution in [1.29, 1.82) is 0 Å². The summed E-state index contributed by atoms with van der Waals surface area (Å²) < 4.78 is 30.0. The predicted octanol–water partition coefficient (Wildman–Crippen LogP) is 3.07. The number of hydrogen-bond acceptors (Lipinski definition) is 6. The molecule has 3 aromatic rings. The van der Waals surface area contributed by atoms with Crippen LogP contribution in [-0.2, 0) is 14.6 Å². The van der Waals surface area contributed by atoms with Crippen LogP contribution in [0.3, 0.4) is 0 Å². The van der Waals surface area contributed by atoms with E-state index in [1.54, 1.807) is 12.1 Å². The molecule has 0 radical (unpaired) electrons. The number of aromatic nitrogens is 2. The number of aryl methyl sites for hydroxylation is 3. The van der Waals surface area contributed by atoms with Crippen molar-refractivity contribution in [2.75, 3.05) is 11.1 Å². The molecule has 8 heteroatoms. The molecule has 140 valence electrons. The first-order chi connectivity index (χ1) is 12.7. The fourth-order valence-corrected chi connectivity index (χ4v) is 3.56. The van der Waals surface area contributed by atoms with Crippen molar-refractivity contribution in [3.05, 3.63) is 59.2 Å². The summed E-state index contributed by atoms with van der Waals surface area (Å²) in [6.07, 6.45) is 0. The maximum Gasteiger partial charge on any atom is 0.322 e. The second-order valence-electron chi connectivity index (χ2n) is 6.33. The minimum absolute atomic E-state index is 0.0876. The smallest absolute Gasteiger partial charge is 0.322 e. The molecule has 0 saturated carbocycles. The zero-order chi connectivity index (χ0) is 19.6. The molecule has 1 aromatic heterocycles. The lowest BCUT2D eigenvalue weighted by molar-refractivity contribution is -0.114. The van der Waals surface area contributed by atoms with Gasteiger partial charge in [-0.3, -0.25) is 10.1 Å². The van der Waals surface area contributed by atoms with Gasteiger partial charge < -0.3 is 4.42 Å². The maximum absolute atomic E-state index is 12.3. The van der Waals surface area contributed by atoms with Crippen molar-refractivity contribution in [3.63, 3.8) is 0 Å². The van der Waals surface area contributed by atoms with E-state index in [0.29, 0.717) is 0 Å². The van der Waals surface area contributed by atoms with E-state index >= 15 is 0 Å². The Bertz CT molecular complexity index is 1090. The molecule has 2 aromatic carbocycles. The van der Waals surface area contributed by atoms with Gasteiger partial charge in [0.05, 0.1) is 4.90 Å². The topological polar surface area (TPSA) is 102 Å². The Balaban J connectivity index is 1.70. The van der Waals surface area contributed by atoms with Crippen LogP contribution in [0.15, 0.2) is 51.8 Å². The third-order valence-electron chi connectivity index (χ3n) is 4.13. The summed E-state index contributed by atoms with van der Waals surface area (Å²) in [7, 11) is -3.75. The third kappa shape index (κ3) is 4.40. The first-order valence-electron chi connectivity index (χ1n) is 8.25. The molecular weight excluding hydrogens is 366 g/mol. The molecule has 0 aliphatic rings. The number of carbonyl (C=O) groups is 1. The zero-order valence-electron chi connectivity index (χ0n) is 15.2. The van der Waals surface area contributed by atoms with Gasteiger partial charge in [0.1, 0.15) is 5.75 Å². The van der Waals surface area contributed by atoms with E-state index in [1.807, 2.05) is 39.0 Å². The van der Waals surface area contributed by atoms with Gasteiger partial charge in [-0.15, -0.1) is 5.10 Å². The van der Waals surface area contributed by atoms with Crippen molar-refractivity contribution in [2.24, 2.45) is 0 Å². The van der Waals surface area contributed by atoms with Crippen molar-refractivity contribution < 1.29 is 17.6 Å². The molecule has 7 nitrogen and oxygen atoms in total. The Hall–Kier alpha value is -3.00. The van der Waals surface area contributed by atoms with Gasteiger partial charge in [-0.25, -0.2) is 8.42 Å². The summed E-state index contributed by atoms with van der Waals surface area (Å²) in [5.74, 6) is -1.21. The van der Waals surface area contributed by atoms with E-state index in [9.17, 15) is 13.2 Å². The monoisotopic (exact) mass is 385 g/mol. The highest BCUT2D eigenvalue weighted by Crippen LogP contribution is 2.22. The molecule has 0 saturated heterocycles. The molecule has 1 amide bonds. The summed E-state index contributed by atoms with van der Waals surface area (Å²) in [5.41, 5.74) is 3.86. The second kappa shape index (κ2) is 7.32. The van der Waals surface area contributed by atoms with Gasteiger partial charge in [0, 0.05) is 5.56 Å². The minimum Gasteiger partial charge on any atom is -0.403 e. The Morgan fingerprint density at radius 1 is 1.00 bits per heavy atom. The average molecular weight is 385 g/mol. The highest BCUT2D eigenvalue weighted by atomic mass is 32.2. The van der Waals surface area contributed by atoms with Gasteiger partial charge in [-0.05, 0) is 56.2 Å². The van der Waals surface area contributed by atoms with Crippen molar-refractivity contribution in [3.8, 4) is 11.5 Å². The molecule has 0 spiro atoms. The molecule has 0 aliphatic heterocycles. The fraction of sp³-hybridized carbons (Fsp3) is 0.211. The van der Waals surface area contributed by atoms with Crippen LogP contribution in [-0.4, -0.2) is 30.3 Å². The van der Waals surface area contributed by atoms with E-state index in [-0.39, 0.29) is 16.8 Å². The Morgan fingerprint density at radius 2 is 1.70 bits per heavy atom. The van der Waals surface area contributed by atoms with Crippen molar-refractivity contribution in [1.82, 2.24) is 10.2 Å². The molecule has 0 bridgehead atoms. The number of carbonyl (C=O) groups excluding carboxylic acids is 1. The van der Waals surface area contributed by atoms with E-state index in [4.69, 9.17) is 4.42 Å². The molecule has 27 heavy (non-hydrogen) atoms. The van der Waals surface area contributed by atoms with Crippen LogP contribution < -0.4 is 5.32 Å². The van der Waals surface area contributed by atoms with Crippen LogP contribution in [0.25, 0.3) is 11.5 Å². The Morgan fingerprint density at radius 3 is 2.37 bits per heavy atom. The van der Waals surface area contributed by atoms with Crippen LogP contribution in [0, 0.1) is 20.8 Å². The molecular formula is C19H19N3O4S. The number of anilines is 1. The van der Waals surface area contributed by atoms with E-state index < -0.39 is 21.5 Å². The first kappa shape index (κ1) is 18.8. The normalized spacial score (nSPS) is 11.4. The van der Waals surface area contributed by atoms with Crippen LogP contribution in [0.1, 0.15) is 16.7 Å². The quantitative estimate of drug-likeness (QED) is 0.724. The molecule has 1 N–H and O–H groups in total. The standard InChI is InChI=1S/C19H19N3O4S/c1-12-4-8-16(9-5-12)27(24,25)11-17(23)20-19-22-21-18(26-19)15-7-6-13(2)14(3)10-15/h4-10H,11H2,1-3H3,(H,20,22,23). The van der Waals surface area contributed by atoms with Crippen LogP contribution in [0.5, 0.6) is 0 Å². The summed E-state index contributed by atoms with van der Waals surface area (Å²) in [6.45, 7) is 5.81. The maximum atomic E-state index is 12.3. The lowest BCUT2D eigenvalue weighted by Gasteiger charge is -2.04. The highest BCUT2D eigenvalue weighted by molar-refractivity contribution is 7.92. The summed E-state index contributed by atoms with van der Waals surface area (Å²) in [4.78, 5) is 12.2. The largest absolute Gasteiger partial charge is 0.403 e. The minimum atomic E-state index is -3.75. The van der Waals surface area contributed by atoms with Crippen LogP contribution in [0.2, 0.25) is 0 Å². The van der Waals surface area contributed by atoms with Gasteiger partial charge in [-0.1, -0.05) is 28.9 Å². The summed E-state index contributed by atoms with van der Waals surface area (Å²) >= 11 is 0. The van der Waals surface area contributed by atoms with Gasteiger partial charge in [0.2, 0.25) is 11.8 Å². The van der Waals surface area contributed by atoms with E-state index in [2.05, 4.69) is 15.5 Å². The average Bonchev–Trinajstić information content (AvgIpc) is 3.05. The van der Waals surface area contributed by atoms with Crippen molar-refractivity contribution in [2.45, 2.75) is 25.7 Å². The number of nitrogens with zero attached hydrogens (tertiary/aromatic N) is 2. The lowest BCUT2D eigenvalue weighted by atomic mass is 10.1. The molecule has 1 heterocycles. The van der Waals surface area contributed by atoms with Crippen LogP contribution in [0.4, 0.5) is 6.01 Å². The van der Waals surface area contributed by atoms with Gasteiger partial charge in [0.25, 0.3) is 0 Å². The number of sulfone groups is 1. The first-order valence-corrected chi connectivity index (χ1v) is 9.90. The number of hydrogen-bond donors (Lipinski definition) is 1. The molecule has 0 aliphatic carbocycles. The third-order valence-corrected chi connectivity index (χ3v) is 5.76. The Labute approximate surface area is 157 Å². The van der Waals surface area contributed by atoms with Crippen LogP contribution >= 0.6 is 0 Å². The van der Waals surface area contributed by atoms with Gasteiger partial charge in [0.15, 0.2) is 9.84 Å². The predicted molar refractivity (Wildman–Crippen MR) is 101 cm³/mol. The molecule has 0 fully saturated rings. The summed E-state index contributed by atoms with van der Waals surface area (Å²) in [6, 6.07) is 11.8. The van der Waals surface area contributed by atoms with Crippen molar-refractivity contribution >= 4 is 21.8 Å². The number of benzene rings is 2. The molecule has 0 unspecified atom stereocenters. The number of rotatable bonds is 5.